The van der Waals surface area contributed by atoms with Gasteiger partial charge in [0.2, 0.25) is 5.91 Å². The molecular formula is C37H55F2N3O6. The number of hydrogen-bond donors (Lipinski definition) is 3. The van der Waals surface area contributed by atoms with Crippen LogP contribution < -0.4 is 10.6 Å². The van der Waals surface area contributed by atoms with Crippen molar-refractivity contribution in [2.24, 2.45) is 5.92 Å². The molecule has 0 radical (unpaired) electrons. The lowest BCUT2D eigenvalue weighted by molar-refractivity contribution is -0.272. The Kier molecular flexibility index (Phi) is 19.6. The van der Waals surface area contributed by atoms with Crippen LogP contribution in [0, 0.1) is 17.6 Å². The number of carbonyl (C=O) groups excluding carboxylic acids is 3. The third kappa shape index (κ3) is 14.8. The van der Waals surface area contributed by atoms with Crippen LogP contribution in [0.5, 0.6) is 0 Å². The molecule has 0 bridgehead atoms. The minimum atomic E-state index is -1.20. The highest BCUT2D eigenvalue weighted by molar-refractivity contribution is 5.99. The van der Waals surface area contributed by atoms with Crippen molar-refractivity contribution >= 4 is 17.7 Å². The molecule has 2 aromatic rings. The van der Waals surface area contributed by atoms with Gasteiger partial charge in [0.1, 0.15) is 11.6 Å². The van der Waals surface area contributed by atoms with Crippen LogP contribution in [0.4, 0.5) is 8.78 Å². The molecule has 0 fully saturated rings. The summed E-state index contributed by atoms with van der Waals surface area (Å²) in [6.07, 6.45) is 6.74. The van der Waals surface area contributed by atoms with Gasteiger partial charge in [-0.25, -0.2) is 18.6 Å². The molecule has 0 aromatic heterocycles. The van der Waals surface area contributed by atoms with E-state index in [0.717, 1.165) is 69.6 Å². The largest absolute Gasteiger partial charge is 0.391 e. The molecule has 48 heavy (non-hydrogen) atoms. The molecule has 0 heterocycles. The maximum Gasteiger partial charge on any atom is 0.253 e. The number of hydrogen-bond acceptors (Lipinski definition) is 6. The Hall–Kier alpha value is -3.41. The highest BCUT2D eigenvalue weighted by Crippen LogP contribution is 2.19. The predicted molar refractivity (Wildman–Crippen MR) is 182 cm³/mol. The summed E-state index contributed by atoms with van der Waals surface area (Å²) >= 11 is 0. The van der Waals surface area contributed by atoms with Crippen LogP contribution >= 0.6 is 0 Å². The molecule has 2 rings (SSSR count). The third-order valence-electron chi connectivity index (χ3n) is 8.27. The topological polar surface area (TPSA) is 117 Å². The lowest BCUT2D eigenvalue weighted by Gasteiger charge is -2.27. The fourth-order valence-electron chi connectivity index (χ4n) is 5.70. The van der Waals surface area contributed by atoms with Crippen LogP contribution in [-0.4, -0.2) is 73.2 Å². The number of nitrogens with one attached hydrogen (secondary N) is 2. The van der Waals surface area contributed by atoms with E-state index in [-0.39, 0.29) is 35.8 Å². The monoisotopic (exact) mass is 675 g/mol. The van der Waals surface area contributed by atoms with Crippen LogP contribution in [0.3, 0.4) is 0 Å². The third-order valence-corrected chi connectivity index (χ3v) is 8.27. The molecule has 3 N–H and O–H groups in total. The van der Waals surface area contributed by atoms with Crippen molar-refractivity contribution in [3.05, 3.63) is 70.8 Å². The summed E-state index contributed by atoms with van der Waals surface area (Å²) in [5, 5.41) is 17.2. The van der Waals surface area contributed by atoms with Crippen molar-refractivity contribution in [3.63, 3.8) is 0 Å². The van der Waals surface area contributed by atoms with Crippen molar-refractivity contribution in [1.82, 2.24) is 15.5 Å². The highest BCUT2D eigenvalue weighted by atomic mass is 19.1. The highest BCUT2D eigenvalue weighted by Gasteiger charge is 2.28. The maximum absolute atomic E-state index is 14.1. The molecule has 0 saturated carbocycles. The van der Waals surface area contributed by atoms with Crippen molar-refractivity contribution in [3.8, 4) is 0 Å². The number of aliphatic hydroxyl groups excluding tert-OH is 1. The summed E-state index contributed by atoms with van der Waals surface area (Å²) in [4.78, 5) is 50.9. The van der Waals surface area contributed by atoms with Gasteiger partial charge in [-0.05, 0) is 80.8 Å². The van der Waals surface area contributed by atoms with E-state index in [1.165, 1.54) is 13.2 Å². The van der Waals surface area contributed by atoms with Gasteiger partial charge in [-0.1, -0.05) is 52.5 Å². The number of halogens is 2. The number of aliphatic hydroxyl groups is 1. The van der Waals surface area contributed by atoms with Crippen molar-refractivity contribution < 1.29 is 38.0 Å². The minimum Gasteiger partial charge on any atom is -0.391 e. The van der Waals surface area contributed by atoms with Gasteiger partial charge < -0.3 is 20.6 Å². The summed E-state index contributed by atoms with van der Waals surface area (Å²) in [7, 11) is 1.49. The van der Waals surface area contributed by atoms with Crippen LogP contribution in [0.25, 0.3) is 0 Å². The van der Waals surface area contributed by atoms with Crippen molar-refractivity contribution in [2.75, 3.05) is 33.4 Å². The smallest absolute Gasteiger partial charge is 0.253 e. The molecule has 0 aliphatic heterocycles. The van der Waals surface area contributed by atoms with Gasteiger partial charge in [-0.3, -0.25) is 14.4 Å². The van der Waals surface area contributed by atoms with Gasteiger partial charge in [-0.15, -0.1) is 0 Å². The summed E-state index contributed by atoms with van der Waals surface area (Å²) in [6.45, 7) is 8.13. The zero-order valence-electron chi connectivity index (χ0n) is 29.1. The summed E-state index contributed by atoms with van der Waals surface area (Å²) in [6, 6.07) is 8.46. The maximum atomic E-state index is 14.1. The summed E-state index contributed by atoms with van der Waals surface area (Å²) < 4.78 is 28.1. The molecular weight excluding hydrogens is 620 g/mol. The molecule has 2 aromatic carbocycles. The number of benzene rings is 2. The van der Waals surface area contributed by atoms with Gasteiger partial charge in [0.25, 0.3) is 11.8 Å². The van der Waals surface area contributed by atoms with E-state index in [2.05, 4.69) is 15.5 Å². The molecule has 9 nitrogen and oxygen atoms in total. The van der Waals surface area contributed by atoms with Crippen LogP contribution in [0.1, 0.15) is 111 Å². The molecule has 0 aliphatic carbocycles. The molecule has 3 unspecified atom stereocenters. The number of amides is 3. The number of rotatable bonds is 24. The molecule has 3 amide bonds. The Bertz CT molecular complexity index is 1240. The molecule has 0 saturated heterocycles. The summed E-state index contributed by atoms with van der Waals surface area (Å²) in [5.74, 6) is -2.99. The van der Waals surface area contributed by atoms with Gasteiger partial charge >= 0.3 is 0 Å². The predicted octanol–water partition coefficient (Wildman–Crippen LogP) is 6.38. The number of unbranched alkanes of at least 4 members (excludes halogenated alkanes) is 5. The van der Waals surface area contributed by atoms with E-state index >= 15 is 0 Å². The first-order valence-electron chi connectivity index (χ1n) is 17.4. The first kappa shape index (κ1) is 40.8. The number of nitrogens with zero attached hydrogens (tertiary/aromatic N) is 1. The second-order valence-electron chi connectivity index (χ2n) is 12.2. The Morgan fingerprint density at radius 3 is 2.12 bits per heavy atom. The SMILES string of the molecule is CCCN(CCC)C(=O)c1cccc(C(=O)NC(Cc2cc(F)cc(F)c2)C(O)CC(CC)C(=O)NCCCCCCCCOOC)c1. The molecule has 0 aliphatic rings. The average molecular weight is 676 g/mol. The molecule has 3 atom stereocenters. The Morgan fingerprint density at radius 2 is 1.50 bits per heavy atom. The zero-order valence-corrected chi connectivity index (χ0v) is 29.1. The van der Waals surface area contributed by atoms with E-state index in [9.17, 15) is 28.3 Å². The fourth-order valence-corrected chi connectivity index (χ4v) is 5.70. The second-order valence-corrected chi connectivity index (χ2v) is 12.2. The first-order valence-corrected chi connectivity index (χ1v) is 17.4. The zero-order chi connectivity index (χ0) is 35.3. The van der Waals surface area contributed by atoms with E-state index in [0.29, 0.717) is 38.2 Å². The van der Waals surface area contributed by atoms with Crippen molar-refractivity contribution in [1.29, 1.82) is 0 Å². The van der Waals surface area contributed by atoms with E-state index in [4.69, 9.17) is 4.89 Å². The van der Waals surface area contributed by atoms with Gasteiger partial charge in [-0.2, -0.15) is 0 Å². The first-order chi connectivity index (χ1) is 23.1. The van der Waals surface area contributed by atoms with E-state index in [1.807, 2.05) is 20.8 Å². The molecule has 268 valence electrons. The quantitative estimate of drug-likeness (QED) is 0.0676. The lowest BCUT2D eigenvalue weighted by Crippen LogP contribution is -2.46. The van der Waals surface area contributed by atoms with E-state index in [1.54, 1.807) is 23.1 Å². The van der Waals surface area contributed by atoms with Crippen LogP contribution in [0.2, 0.25) is 0 Å². The second kappa shape index (κ2) is 23.0. The lowest BCUT2D eigenvalue weighted by atomic mass is 9.91. The van der Waals surface area contributed by atoms with Crippen molar-refractivity contribution in [2.45, 2.75) is 104 Å². The van der Waals surface area contributed by atoms with E-state index < -0.39 is 35.6 Å². The Labute approximate surface area is 284 Å². The Balaban J connectivity index is 2.09. The average Bonchev–Trinajstić information content (AvgIpc) is 3.06. The van der Waals surface area contributed by atoms with Gasteiger partial charge in [0.05, 0.1) is 25.9 Å². The Morgan fingerprint density at radius 1 is 0.875 bits per heavy atom. The number of carbonyl (C=O) groups is 3. The standard InChI is InChI=1S/C37H55F2N3O6/c1-5-18-42(19-6-2)37(46)30-16-14-15-29(24-30)36(45)41-33(23-27-21-31(38)26-32(39)22-27)34(43)25-28(7-3)35(44)40-17-12-10-8-9-11-13-20-48-47-4/h14-16,21-22,24,26,28,33-34,43H,5-13,17-20,23,25H2,1-4H3,(H,40,44)(H,41,45). The minimum absolute atomic E-state index is 0.0378. The van der Waals surface area contributed by atoms with Crippen LogP contribution in [0.15, 0.2) is 42.5 Å². The molecule has 11 heteroatoms. The fraction of sp³-hybridized carbons (Fsp3) is 0.595. The van der Waals surface area contributed by atoms with Gasteiger partial charge in [0, 0.05) is 42.7 Å². The van der Waals surface area contributed by atoms with Gasteiger partial charge in [0.15, 0.2) is 0 Å². The van der Waals surface area contributed by atoms with Crippen LogP contribution in [-0.2, 0) is 21.0 Å². The molecule has 0 spiro atoms. The summed E-state index contributed by atoms with van der Waals surface area (Å²) in [5.41, 5.74) is 0.831. The normalized spacial score (nSPS) is 13.1.